The average Bonchev–Trinajstić information content (AvgIpc) is 2.75. The van der Waals surface area contributed by atoms with Crippen LogP contribution < -0.4 is 0 Å². The second-order valence-corrected chi connectivity index (χ2v) is 9.01. The molecule has 4 aliphatic rings. The highest BCUT2D eigenvalue weighted by atomic mass is 16.3. The highest BCUT2D eigenvalue weighted by Gasteiger charge is 2.63. The highest BCUT2D eigenvalue weighted by molar-refractivity contribution is 5.85. The fourth-order valence-corrected chi connectivity index (χ4v) is 6.83. The van der Waals surface area contributed by atoms with Crippen molar-refractivity contribution in [1.82, 2.24) is 0 Å². The maximum absolute atomic E-state index is 13.1. The predicted molar refractivity (Wildman–Crippen MR) is 83.1 cm³/mol. The Hall–Kier alpha value is -0.700. The van der Waals surface area contributed by atoms with Gasteiger partial charge in [-0.1, -0.05) is 13.8 Å². The molecule has 22 heavy (non-hydrogen) atoms. The fraction of sp³-hybridized carbons (Fsp3) is 0.895. The van der Waals surface area contributed by atoms with Crippen LogP contribution in [0.2, 0.25) is 0 Å². The minimum atomic E-state index is -0.305. The third-order valence-electron chi connectivity index (χ3n) is 8.11. The molecule has 0 aromatic rings. The van der Waals surface area contributed by atoms with Crippen LogP contribution in [0, 0.1) is 34.5 Å². The Bertz CT molecular complexity index is 527. The first-order chi connectivity index (χ1) is 10.4. The van der Waals surface area contributed by atoms with Crippen LogP contribution in [0.1, 0.15) is 65.2 Å². The summed E-state index contributed by atoms with van der Waals surface area (Å²) in [4.78, 5) is 24.9. The van der Waals surface area contributed by atoms with Crippen LogP contribution >= 0.6 is 0 Å². The van der Waals surface area contributed by atoms with Gasteiger partial charge in [-0.15, -0.1) is 0 Å². The lowest BCUT2D eigenvalue weighted by Gasteiger charge is -2.58. The number of rotatable bonds is 0. The van der Waals surface area contributed by atoms with Crippen LogP contribution in [0.3, 0.4) is 0 Å². The summed E-state index contributed by atoms with van der Waals surface area (Å²) in [6.07, 6.45) is 6.61. The quantitative estimate of drug-likeness (QED) is 0.748. The zero-order chi connectivity index (χ0) is 15.7. The van der Waals surface area contributed by atoms with Gasteiger partial charge in [0.2, 0.25) is 0 Å². The van der Waals surface area contributed by atoms with E-state index in [0.29, 0.717) is 48.6 Å². The SMILES string of the molecule is C[C@]12CCC(=O)C[C@@H]1CC[C@H]1[C@@H]3CC[C@H](O)[C@@]3(C)CC(=O)[C@@H]12. The number of fused-ring (bicyclic) bond motifs is 5. The van der Waals surface area contributed by atoms with E-state index in [1.54, 1.807) is 0 Å². The Balaban J connectivity index is 1.71. The minimum Gasteiger partial charge on any atom is -0.393 e. The molecule has 0 saturated heterocycles. The van der Waals surface area contributed by atoms with Gasteiger partial charge in [0.05, 0.1) is 6.10 Å². The van der Waals surface area contributed by atoms with Gasteiger partial charge in [-0.25, -0.2) is 0 Å². The van der Waals surface area contributed by atoms with Gasteiger partial charge in [-0.3, -0.25) is 9.59 Å². The van der Waals surface area contributed by atoms with Gasteiger partial charge in [-0.2, -0.15) is 0 Å². The van der Waals surface area contributed by atoms with Crippen molar-refractivity contribution in [3.8, 4) is 0 Å². The van der Waals surface area contributed by atoms with Crippen LogP contribution in [0.15, 0.2) is 0 Å². The fourth-order valence-electron chi connectivity index (χ4n) is 6.83. The number of hydrogen-bond donors (Lipinski definition) is 1. The normalized spacial score (nSPS) is 54.6. The number of ketones is 2. The monoisotopic (exact) mass is 304 g/mol. The van der Waals surface area contributed by atoms with E-state index in [2.05, 4.69) is 13.8 Å². The Labute approximate surface area is 132 Å². The Kier molecular flexibility index (Phi) is 3.15. The van der Waals surface area contributed by atoms with E-state index in [4.69, 9.17) is 0 Å². The Morgan fingerprint density at radius 2 is 1.82 bits per heavy atom. The summed E-state index contributed by atoms with van der Waals surface area (Å²) < 4.78 is 0. The van der Waals surface area contributed by atoms with Gasteiger partial charge in [0.25, 0.3) is 0 Å². The zero-order valence-electron chi connectivity index (χ0n) is 13.8. The Morgan fingerprint density at radius 3 is 2.59 bits per heavy atom. The second kappa shape index (κ2) is 4.66. The molecule has 4 aliphatic carbocycles. The summed E-state index contributed by atoms with van der Waals surface area (Å²) in [6, 6.07) is 0. The molecule has 1 N–H and O–H groups in total. The van der Waals surface area contributed by atoms with Crippen molar-refractivity contribution < 1.29 is 14.7 Å². The summed E-state index contributed by atoms with van der Waals surface area (Å²) >= 11 is 0. The smallest absolute Gasteiger partial charge is 0.137 e. The second-order valence-electron chi connectivity index (χ2n) is 9.01. The van der Waals surface area contributed by atoms with Crippen LogP contribution in [0.4, 0.5) is 0 Å². The van der Waals surface area contributed by atoms with Gasteiger partial charge >= 0.3 is 0 Å². The molecular weight excluding hydrogens is 276 g/mol. The number of carbonyl (C=O) groups is 2. The molecule has 4 fully saturated rings. The molecule has 0 spiro atoms. The summed E-state index contributed by atoms with van der Waals surface area (Å²) in [6.45, 7) is 4.43. The molecule has 122 valence electrons. The molecule has 0 aromatic carbocycles. The van der Waals surface area contributed by atoms with Crippen LogP contribution in [-0.2, 0) is 9.59 Å². The van der Waals surface area contributed by atoms with Crippen LogP contribution in [-0.4, -0.2) is 22.8 Å². The molecule has 0 aromatic heterocycles. The van der Waals surface area contributed by atoms with Crippen molar-refractivity contribution in [1.29, 1.82) is 0 Å². The predicted octanol–water partition coefficient (Wildman–Crippen LogP) is 3.14. The molecule has 0 bridgehead atoms. The number of hydrogen-bond acceptors (Lipinski definition) is 3. The number of carbonyl (C=O) groups excluding carboxylic acids is 2. The Morgan fingerprint density at radius 1 is 1.05 bits per heavy atom. The third kappa shape index (κ3) is 1.78. The van der Waals surface area contributed by atoms with E-state index in [9.17, 15) is 14.7 Å². The molecule has 3 nitrogen and oxygen atoms in total. The van der Waals surface area contributed by atoms with Crippen molar-refractivity contribution in [2.24, 2.45) is 34.5 Å². The first-order valence-corrected chi connectivity index (χ1v) is 9.09. The molecule has 4 saturated carbocycles. The van der Waals surface area contributed by atoms with Crippen molar-refractivity contribution in [2.75, 3.05) is 0 Å². The van der Waals surface area contributed by atoms with Crippen molar-refractivity contribution in [3.63, 3.8) is 0 Å². The maximum Gasteiger partial charge on any atom is 0.137 e. The number of aliphatic hydroxyl groups is 1. The maximum atomic E-state index is 13.1. The molecule has 4 rings (SSSR count). The van der Waals surface area contributed by atoms with E-state index >= 15 is 0 Å². The van der Waals surface area contributed by atoms with Crippen molar-refractivity contribution >= 4 is 11.6 Å². The van der Waals surface area contributed by atoms with Crippen LogP contribution in [0.5, 0.6) is 0 Å². The van der Waals surface area contributed by atoms with Gasteiger partial charge in [0.15, 0.2) is 0 Å². The summed E-state index contributed by atoms with van der Waals surface area (Å²) in [5.41, 5.74) is -0.158. The molecule has 7 atom stereocenters. The van der Waals surface area contributed by atoms with Gasteiger partial charge < -0.3 is 5.11 Å². The van der Waals surface area contributed by atoms with Gasteiger partial charge in [-0.05, 0) is 55.3 Å². The van der Waals surface area contributed by atoms with E-state index < -0.39 is 0 Å². The molecule has 0 heterocycles. The summed E-state index contributed by atoms with van der Waals surface area (Å²) in [5.74, 6) is 2.27. The molecule has 0 unspecified atom stereocenters. The molecule has 0 radical (unpaired) electrons. The molecule has 0 aliphatic heterocycles. The number of Topliss-reactive ketones (excluding diaryl/α,β-unsaturated/α-hetero) is 2. The molecule has 3 heteroatoms. The largest absolute Gasteiger partial charge is 0.393 e. The number of aliphatic hydroxyl groups excluding tert-OH is 1. The van der Waals surface area contributed by atoms with E-state index in [1.165, 1.54) is 0 Å². The lowest BCUT2D eigenvalue weighted by Crippen LogP contribution is -2.57. The first kappa shape index (κ1) is 14.9. The van der Waals surface area contributed by atoms with Crippen molar-refractivity contribution in [2.45, 2.75) is 71.3 Å². The lowest BCUT2D eigenvalue weighted by atomic mass is 9.45. The lowest BCUT2D eigenvalue weighted by molar-refractivity contribution is -0.162. The summed E-state index contributed by atoms with van der Waals surface area (Å²) in [7, 11) is 0. The molecular formula is C19H28O3. The third-order valence-corrected chi connectivity index (χ3v) is 8.11. The average molecular weight is 304 g/mol. The van der Waals surface area contributed by atoms with E-state index in [-0.39, 0.29) is 22.9 Å². The van der Waals surface area contributed by atoms with E-state index in [1.807, 2.05) is 0 Å². The van der Waals surface area contributed by atoms with Crippen LogP contribution in [0.25, 0.3) is 0 Å². The topological polar surface area (TPSA) is 54.4 Å². The van der Waals surface area contributed by atoms with Gasteiger partial charge in [0.1, 0.15) is 11.6 Å². The van der Waals surface area contributed by atoms with E-state index in [0.717, 1.165) is 32.1 Å². The summed E-state index contributed by atoms with van der Waals surface area (Å²) in [5, 5.41) is 10.4. The minimum absolute atomic E-state index is 0.0305. The van der Waals surface area contributed by atoms with Crippen molar-refractivity contribution in [3.05, 3.63) is 0 Å². The zero-order valence-corrected chi connectivity index (χ0v) is 13.8. The first-order valence-electron chi connectivity index (χ1n) is 9.09. The van der Waals surface area contributed by atoms with Gasteiger partial charge in [0, 0.05) is 30.6 Å². The standard InChI is InChI=1S/C19H28O3/c1-18-8-7-12(20)9-11(18)3-4-13-14-5-6-16(22)19(14,2)10-15(21)17(13)18/h11,13-14,16-17,22H,3-10H2,1-2H3/t11-,13-,14-,16-,17+,18-,19-/m0/s1. The highest BCUT2D eigenvalue weighted by Crippen LogP contribution is 2.64. The molecule has 0 amide bonds.